The van der Waals surface area contributed by atoms with Crippen LogP contribution < -0.4 is 4.74 Å². The fourth-order valence-corrected chi connectivity index (χ4v) is 4.37. The van der Waals surface area contributed by atoms with Gasteiger partial charge in [-0.25, -0.2) is 4.98 Å². The van der Waals surface area contributed by atoms with Crippen molar-refractivity contribution in [1.82, 2.24) is 14.5 Å². The Bertz CT molecular complexity index is 1240. The van der Waals surface area contributed by atoms with Gasteiger partial charge >= 0.3 is 0 Å². The Kier molecular flexibility index (Phi) is 7.78. The average molecular weight is 514 g/mol. The summed E-state index contributed by atoms with van der Waals surface area (Å²) >= 11 is 12.4. The average Bonchev–Trinajstić information content (AvgIpc) is 3.47. The molecule has 7 nitrogen and oxygen atoms in total. The smallest absolute Gasteiger partial charge is 0.295 e. The highest BCUT2D eigenvalue weighted by Crippen LogP contribution is 2.41. The van der Waals surface area contributed by atoms with Crippen LogP contribution in [0.5, 0.6) is 5.75 Å². The quantitative estimate of drug-likeness (QED) is 0.232. The van der Waals surface area contributed by atoms with Gasteiger partial charge in [-0.05, 0) is 54.8 Å². The number of Topliss-reactive ketones (excluding diaryl/α,β-unsaturated/α-hetero) is 1. The van der Waals surface area contributed by atoms with Gasteiger partial charge in [0.05, 0.1) is 34.6 Å². The van der Waals surface area contributed by atoms with Gasteiger partial charge in [0.2, 0.25) is 0 Å². The van der Waals surface area contributed by atoms with Crippen molar-refractivity contribution < 1.29 is 19.4 Å². The maximum absolute atomic E-state index is 13.2. The third-order valence-electron chi connectivity index (χ3n) is 5.77. The molecule has 1 aromatic heterocycles. The lowest BCUT2D eigenvalue weighted by Crippen LogP contribution is -2.31. The molecular weight excluding hydrogens is 489 g/mol. The lowest BCUT2D eigenvalue weighted by molar-refractivity contribution is -0.139. The molecule has 0 spiro atoms. The van der Waals surface area contributed by atoms with E-state index in [-0.39, 0.29) is 11.3 Å². The Balaban J connectivity index is 1.70. The zero-order valence-electron chi connectivity index (χ0n) is 19.2. The lowest BCUT2D eigenvalue weighted by atomic mass is 9.95. The first-order valence-corrected chi connectivity index (χ1v) is 12.1. The van der Waals surface area contributed by atoms with Crippen LogP contribution in [-0.2, 0) is 16.1 Å². The van der Waals surface area contributed by atoms with Crippen molar-refractivity contribution in [3.05, 3.63) is 87.9 Å². The number of likely N-dealkylation sites (tertiary alicyclic amines) is 1. The molecule has 1 aliphatic heterocycles. The number of halogens is 2. The molecule has 1 saturated heterocycles. The van der Waals surface area contributed by atoms with E-state index in [2.05, 4.69) is 4.98 Å². The van der Waals surface area contributed by atoms with E-state index < -0.39 is 17.7 Å². The number of nitrogens with zero attached hydrogens (tertiary/aromatic N) is 3. The molecule has 0 saturated carbocycles. The van der Waals surface area contributed by atoms with Crippen molar-refractivity contribution in [2.75, 3.05) is 13.2 Å². The van der Waals surface area contributed by atoms with Crippen molar-refractivity contribution >= 4 is 40.7 Å². The Morgan fingerprint density at radius 1 is 1.09 bits per heavy atom. The Morgan fingerprint density at radius 2 is 1.86 bits per heavy atom. The highest BCUT2D eigenvalue weighted by atomic mass is 35.5. The Morgan fingerprint density at radius 3 is 2.51 bits per heavy atom. The predicted molar refractivity (Wildman–Crippen MR) is 135 cm³/mol. The number of ketones is 1. The van der Waals surface area contributed by atoms with Gasteiger partial charge in [-0.3, -0.25) is 9.59 Å². The summed E-state index contributed by atoms with van der Waals surface area (Å²) in [7, 11) is 0. The number of benzene rings is 2. The number of ether oxygens (including phenoxy) is 1. The minimum absolute atomic E-state index is 0.0123. The molecule has 4 rings (SSSR count). The second-order valence-corrected chi connectivity index (χ2v) is 9.01. The molecule has 2 aromatic carbocycles. The van der Waals surface area contributed by atoms with Crippen LogP contribution in [0.4, 0.5) is 0 Å². The molecule has 35 heavy (non-hydrogen) atoms. The molecule has 1 fully saturated rings. The van der Waals surface area contributed by atoms with Crippen LogP contribution in [0.2, 0.25) is 10.0 Å². The summed E-state index contributed by atoms with van der Waals surface area (Å²) in [6, 6.07) is 10.9. The number of aromatic nitrogens is 2. The zero-order valence-corrected chi connectivity index (χ0v) is 20.7. The number of aliphatic hydroxyl groups excluding tert-OH is 1. The molecule has 1 unspecified atom stereocenters. The lowest BCUT2D eigenvalue weighted by Gasteiger charge is -2.25. The van der Waals surface area contributed by atoms with Crippen molar-refractivity contribution in [3.8, 4) is 5.75 Å². The molecule has 0 bridgehead atoms. The van der Waals surface area contributed by atoms with E-state index in [4.69, 9.17) is 27.9 Å². The van der Waals surface area contributed by atoms with Gasteiger partial charge < -0.3 is 19.3 Å². The van der Waals surface area contributed by atoms with Gasteiger partial charge in [0, 0.05) is 31.0 Å². The molecule has 0 radical (unpaired) electrons. The first-order valence-electron chi connectivity index (χ1n) is 11.3. The van der Waals surface area contributed by atoms with E-state index in [1.165, 1.54) is 4.90 Å². The number of amides is 1. The number of rotatable bonds is 9. The molecule has 0 aliphatic carbocycles. The number of aryl methyl sites for hydroxylation is 1. The van der Waals surface area contributed by atoms with Gasteiger partial charge in [0.15, 0.2) is 0 Å². The minimum Gasteiger partial charge on any atom is -0.507 e. The predicted octanol–water partition coefficient (Wildman–Crippen LogP) is 5.49. The van der Waals surface area contributed by atoms with Crippen LogP contribution in [-0.4, -0.2) is 44.4 Å². The molecule has 1 atom stereocenters. The molecule has 3 aromatic rings. The summed E-state index contributed by atoms with van der Waals surface area (Å²) in [6.45, 7) is 3.51. The SMILES string of the molecule is CCCOc1ccc(/C(O)=C2\C(=O)C(=O)N(CCCn3ccnc3)C2c2ccc(Cl)c(Cl)c2)cc1. The number of aliphatic hydroxyl groups is 1. The van der Waals surface area contributed by atoms with E-state index in [0.29, 0.717) is 53.0 Å². The van der Waals surface area contributed by atoms with Gasteiger partial charge in [0.25, 0.3) is 11.7 Å². The highest BCUT2D eigenvalue weighted by Gasteiger charge is 2.45. The van der Waals surface area contributed by atoms with Gasteiger partial charge in [-0.15, -0.1) is 0 Å². The van der Waals surface area contributed by atoms with Gasteiger partial charge in [-0.1, -0.05) is 36.2 Å². The number of carbonyl (C=O) groups is 2. The van der Waals surface area contributed by atoms with Crippen LogP contribution in [0.25, 0.3) is 5.76 Å². The summed E-state index contributed by atoms with van der Waals surface area (Å²) in [6.07, 6.45) is 6.66. The van der Waals surface area contributed by atoms with Crippen LogP contribution >= 0.6 is 23.2 Å². The third-order valence-corrected chi connectivity index (χ3v) is 6.51. The number of hydrogen-bond donors (Lipinski definition) is 1. The first-order chi connectivity index (χ1) is 16.9. The van der Waals surface area contributed by atoms with Crippen LogP contribution in [0.3, 0.4) is 0 Å². The molecular formula is C26H25Cl2N3O4. The second kappa shape index (κ2) is 11.0. The highest BCUT2D eigenvalue weighted by molar-refractivity contribution is 6.46. The maximum Gasteiger partial charge on any atom is 0.295 e. The largest absolute Gasteiger partial charge is 0.507 e. The van der Waals surface area contributed by atoms with E-state index in [1.54, 1.807) is 55.0 Å². The summed E-state index contributed by atoms with van der Waals surface area (Å²) in [4.78, 5) is 31.7. The first kappa shape index (κ1) is 24.8. The van der Waals surface area contributed by atoms with Crippen molar-refractivity contribution in [3.63, 3.8) is 0 Å². The zero-order chi connectivity index (χ0) is 24.9. The maximum atomic E-state index is 13.2. The van der Waals surface area contributed by atoms with Gasteiger partial charge in [0.1, 0.15) is 11.5 Å². The van der Waals surface area contributed by atoms with Crippen LogP contribution in [0.1, 0.15) is 36.9 Å². The number of carbonyl (C=O) groups excluding carboxylic acids is 2. The normalized spacial score (nSPS) is 17.2. The van der Waals surface area contributed by atoms with Crippen molar-refractivity contribution in [2.45, 2.75) is 32.4 Å². The summed E-state index contributed by atoms with van der Waals surface area (Å²) in [5, 5.41) is 11.8. The fourth-order valence-electron chi connectivity index (χ4n) is 4.07. The second-order valence-electron chi connectivity index (χ2n) is 8.19. The summed E-state index contributed by atoms with van der Waals surface area (Å²) in [5.74, 6) is -1.01. The fraction of sp³-hybridized carbons (Fsp3) is 0.269. The summed E-state index contributed by atoms with van der Waals surface area (Å²) in [5.41, 5.74) is 1.01. The van der Waals surface area contributed by atoms with Crippen LogP contribution in [0.15, 0.2) is 66.8 Å². The third kappa shape index (κ3) is 5.36. The van der Waals surface area contributed by atoms with E-state index in [9.17, 15) is 14.7 Å². The molecule has 2 heterocycles. The molecule has 1 amide bonds. The van der Waals surface area contributed by atoms with E-state index in [1.807, 2.05) is 17.7 Å². The number of imidazole rings is 1. The van der Waals surface area contributed by atoms with Crippen molar-refractivity contribution in [2.24, 2.45) is 0 Å². The van der Waals surface area contributed by atoms with E-state index in [0.717, 1.165) is 6.42 Å². The topological polar surface area (TPSA) is 84.7 Å². The van der Waals surface area contributed by atoms with Crippen molar-refractivity contribution in [1.29, 1.82) is 0 Å². The van der Waals surface area contributed by atoms with Gasteiger partial charge in [-0.2, -0.15) is 0 Å². The van der Waals surface area contributed by atoms with Crippen LogP contribution in [0, 0.1) is 0 Å². The minimum atomic E-state index is -0.802. The van der Waals surface area contributed by atoms with E-state index >= 15 is 0 Å². The monoisotopic (exact) mass is 513 g/mol. The summed E-state index contributed by atoms with van der Waals surface area (Å²) < 4.78 is 7.50. The molecule has 1 aliphatic rings. The Labute approximate surface area is 213 Å². The molecule has 1 N–H and O–H groups in total. The Hall–Kier alpha value is -3.29. The molecule has 182 valence electrons. The number of hydrogen-bond acceptors (Lipinski definition) is 5. The molecule has 9 heteroatoms. The standard InChI is InChI=1S/C26H25Cl2N3O4/c1-2-14-35-19-7-4-17(5-8-19)24(32)22-23(18-6-9-20(27)21(28)15-18)31(26(34)25(22)33)12-3-11-30-13-10-29-16-30/h4-10,13,15-16,23,32H,2-3,11-12,14H2,1H3/b24-22+.